The monoisotopic (exact) mass is 285 g/mol. The molecule has 4 rings (SSSR count). The molecule has 2 aliphatic carbocycles. The second kappa shape index (κ2) is 5.31. The van der Waals surface area contributed by atoms with Crippen LogP contribution in [0.5, 0.6) is 5.75 Å². The Morgan fingerprint density at radius 3 is 2.81 bits per heavy atom. The van der Waals surface area contributed by atoms with E-state index in [0.29, 0.717) is 11.2 Å². The van der Waals surface area contributed by atoms with Crippen molar-refractivity contribution in [2.24, 2.45) is 11.8 Å². The highest BCUT2D eigenvalue weighted by Gasteiger charge is 2.48. The molecule has 0 amide bonds. The number of fused-ring (bicyclic) bond motifs is 1. The molecule has 0 radical (unpaired) electrons. The van der Waals surface area contributed by atoms with Crippen LogP contribution in [-0.4, -0.2) is 29.6 Å². The van der Waals surface area contributed by atoms with E-state index in [1.807, 2.05) is 12.1 Å². The number of aromatic hydroxyl groups is 1. The molecule has 3 aliphatic rings. The minimum Gasteiger partial charge on any atom is -0.508 e. The average Bonchev–Trinajstić information content (AvgIpc) is 2.82. The standard InChI is InChI=1S/C19H27NO/c21-18-9-4-8-16(11-18)19-10-2-1-7-17(19)13-20(14-19)12-15-5-3-6-15/h4,8-9,11,15,17,21H,1-3,5-7,10,12-14H2. The number of hydrogen-bond donors (Lipinski definition) is 1. The molecule has 21 heavy (non-hydrogen) atoms. The Morgan fingerprint density at radius 1 is 1.14 bits per heavy atom. The maximum Gasteiger partial charge on any atom is 0.115 e. The molecule has 3 fully saturated rings. The second-order valence-electron chi connectivity index (χ2n) is 7.64. The zero-order chi connectivity index (χ0) is 14.3. The molecule has 0 spiro atoms. The van der Waals surface area contributed by atoms with Gasteiger partial charge in [0.2, 0.25) is 0 Å². The van der Waals surface area contributed by atoms with E-state index in [1.165, 1.54) is 70.1 Å². The molecule has 0 bridgehead atoms. The maximum atomic E-state index is 9.91. The van der Waals surface area contributed by atoms with Crippen LogP contribution in [0.15, 0.2) is 24.3 Å². The fourth-order valence-corrected chi connectivity index (χ4v) is 5.03. The Labute approximate surface area is 128 Å². The van der Waals surface area contributed by atoms with E-state index in [4.69, 9.17) is 0 Å². The number of benzene rings is 1. The SMILES string of the molecule is Oc1cccc(C23CCCCC2CN(CC2CCC2)C3)c1. The van der Waals surface area contributed by atoms with Crippen molar-refractivity contribution in [3.05, 3.63) is 29.8 Å². The van der Waals surface area contributed by atoms with Crippen molar-refractivity contribution in [2.45, 2.75) is 50.4 Å². The van der Waals surface area contributed by atoms with Gasteiger partial charge >= 0.3 is 0 Å². The predicted molar refractivity (Wildman–Crippen MR) is 85.5 cm³/mol. The number of hydrogen-bond acceptors (Lipinski definition) is 2. The Hall–Kier alpha value is -1.02. The van der Waals surface area contributed by atoms with Gasteiger partial charge in [0, 0.05) is 25.0 Å². The van der Waals surface area contributed by atoms with Crippen molar-refractivity contribution in [3.63, 3.8) is 0 Å². The van der Waals surface area contributed by atoms with Gasteiger partial charge in [0.15, 0.2) is 0 Å². The highest BCUT2D eigenvalue weighted by Crippen LogP contribution is 2.49. The normalized spacial score (nSPS) is 33.6. The van der Waals surface area contributed by atoms with Crippen LogP contribution < -0.4 is 0 Å². The molecule has 2 nitrogen and oxygen atoms in total. The number of phenolic OH excluding ortho intramolecular Hbond substituents is 1. The summed E-state index contributed by atoms with van der Waals surface area (Å²) in [5, 5.41) is 9.91. The minimum absolute atomic E-state index is 0.320. The van der Waals surface area contributed by atoms with Crippen LogP contribution in [0.4, 0.5) is 0 Å². The van der Waals surface area contributed by atoms with Crippen LogP contribution in [0.2, 0.25) is 0 Å². The fourth-order valence-electron chi connectivity index (χ4n) is 5.03. The molecule has 1 aromatic carbocycles. The zero-order valence-electron chi connectivity index (χ0n) is 12.9. The first-order valence-electron chi connectivity index (χ1n) is 8.78. The van der Waals surface area contributed by atoms with Crippen LogP contribution in [0.25, 0.3) is 0 Å². The summed E-state index contributed by atoms with van der Waals surface area (Å²) in [6, 6.07) is 8.12. The van der Waals surface area contributed by atoms with E-state index in [9.17, 15) is 5.11 Å². The lowest BCUT2D eigenvalue weighted by atomic mass is 9.64. The molecule has 2 unspecified atom stereocenters. The summed E-state index contributed by atoms with van der Waals surface area (Å²) in [4.78, 5) is 2.74. The summed E-state index contributed by atoms with van der Waals surface area (Å²) in [6.07, 6.45) is 9.76. The number of likely N-dealkylation sites (tertiary alicyclic amines) is 1. The smallest absolute Gasteiger partial charge is 0.115 e. The Kier molecular flexibility index (Phi) is 3.45. The van der Waals surface area contributed by atoms with Gasteiger partial charge in [-0.05, 0) is 55.2 Å². The third-order valence-electron chi connectivity index (χ3n) is 6.35. The first-order valence-corrected chi connectivity index (χ1v) is 8.78. The zero-order valence-corrected chi connectivity index (χ0v) is 12.9. The average molecular weight is 285 g/mol. The van der Waals surface area contributed by atoms with Crippen molar-refractivity contribution < 1.29 is 5.11 Å². The van der Waals surface area contributed by atoms with Gasteiger partial charge in [-0.2, -0.15) is 0 Å². The van der Waals surface area contributed by atoms with E-state index >= 15 is 0 Å². The fraction of sp³-hybridized carbons (Fsp3) is 0.684. The largest absolute Gasteiger partial charge is 0.508 e. The summed E-state index contributed by atoms with van der Waals surface area (Å²) in [6.45, 7) is 3.82. The summed E-state index contributed by atoms with van der Waals surface area (Å²) < 4.78 is 0. The molecule has 1 saturated heterocycles. The molecule has 1 aromatic rings. The van der Waals surface area contributed by atoms with Gasteiger partial charge in [-0.3, -0.25) is 0 Å². The van der Waals surface area contributed by atoms with E-state index < -0.39 is 0 Å². The molecule has 0 aromatic heterocycles. The first-order chi connectivity index (χ1) is 10.3. The Morgan fingerprint density at radius 2 is 2.05 bits per heavy atom. The summed E-state index contributed by atoms with van der Waals surface area (Å²) in [7, 11) is 0. The third-order valence-corrected chi connectivity index (χ3v) is 6.35. The highest BCUT2D eigenvalue weighted by atomic mass is 16.3. The van der Waals surface area contributed by atoms with E-state index in [2.05, 4.69) is 11.0 Å². The summed E-state index contributed by atoms with van der Waals surface area (Å²) in [5.74, 6) is 2.20. The van der Waals surface area contributed by atoms with Gasteiger partial charge in [0.1, 0.15) is 5.75 Å². The molecule has 114 valence electrons. The number of nitrogens with zero attached hydrogens (tertiary/aromatic N) is 1. The molecular weight excluding hydrogens is 258 g/mol. The number of rotatable bonds is 3. The van der Waals surface area contributed by atoms with Crippen molar-refractivity contribution >= 4 is 0 Å². The Balaban J connectivity index is 1.60. The maximum absolute atomic E-state index is 9.91. The molecule has 1 aliphatic heterocycles. The second-order valence-corrected chi connectivity index (χ2v) is 7.64. The molecule has 2 saturated carbocycles. The Bertz CT molecular complexity index is 510. The van der Waals surface area contributed by atoms with Crippen LogP contribution in [0.1, 0.15) is 50.5 Å². The molecular formula is C19H27NO. The van der Waals surface area contributed by atoms with Gasteiger partial charge in [-0.25, -0.2) is 0 Å². The van der Waals surface area contributed by atoms with Crippen molar-refractivity contribution in [2.75, 3.05) is 19.6 Å². The summed E-state index contributed by atoms with van der Waals surface area (Å²) in [5.41, 5.74) is 1.71. The van der Waals surface area contributed by atoms with Crippen LogP contribution in [0.3, 0.4) is 0 Å². The minimum atomic E-state index is 0.320. The van der Waals surface area contributed by atoms with Gasteiger partial charge in [0.25, 0.3) is 0 Å². The molecule has 2 heteroatoms. The van der Waals surface area contributed by atoms with Crippen LogP contribution in [0, 0.1) is 11.8 Å². The molecule has 1 heterocycles. The van der Waals surface area contributed by atoms with Crippen molar-refractivity contribution in [1.29, 1.82) is 0 Å². The topological polar surface area (TPSA) is 23.5 Å². The van der Waals surface area contributed by atoms with E-state index in [0.717, 1.165) is 11.8 Å². The third kappa shape index (κ3) is 2.38. The van der Waals surface area contributed by atoms with Crippen LogP contribution in [-0.2, 0) is 5.41 Å². The lowest BCUT2D eigenvalue weighted by molar-refractivity contribution is 0.195. The highest BCUT2D eigenvalue weighted by molar-refractivity contribution is 5.36. The first kappa shape index (κ1) is 13.6. The molecule has 2 atom stereocenters. The van der Waals surface area contributed by atoms with E-state index in [1.54, 1.807) is 6.07 Å². The lowest BCUT2D eigenvalue weighted by Crippen LogP contribution is -2.38. The number of phenols is 1. The van der Waals surface area contributed by atoms with E-state index in [-0.39, 0.29) is 0 Å². The molecule has 1 N–H and O–H groups in total. The lowest BCUT2D eigenvalue weighted by Gasteiger charge is -2.39. The summed E-state index contributed by atoms with van der Waals surface area (Å²) >= 11 is 0. The quantitative estimate of drug-likeness (QED) is 0.909. The van der Waals surface area contributed by atoms with Gasteiger partial charge in [-0.15, -0.1) is 0 Å². The van der Waals surface area contributed by atoms with Crippen LogP contribution >= 0.6 is 0 Å². The van der Waals surface area contributed by atoms with Crippen molar-refractivity contribution in [3.8, 4) is 5.75 Å². The van der Waals surface area contributed by atoms with Gasteiger partial charge in [0.05, 0.1) is 0 Å². The van der Waals surface area contributed by atoms with Crippen molar-refractivity contribution in [1.82, 2.24) is 4.90 Å². The predicted octanol–water partition coefficient (Wildman–Crippen LogP) is 3.94. The van der Waals surface area contributed by atoms with Gasteiger partial charge in [-0.1, -0.05) is 31.4 Å². The van der Waals surface area contributed by atoms with Gasteiger partial charge < -0.3 is 10.0 Å².